The van der Waals surface area contributed by atoms with Gasteiger partial charge < -0.3 is 10.1 Å². The van der Waals surface area contributed by atoms with E-state index in [4.69, 9.17) is 4.74 Å². The fourth-order valence-corrected chi connectivity index (χ4v) is 2.45. The Morgan fingerprint density at radius 2 is 1.85 bits per heavy atom. The molecule has 0 aromatic heterocycles. The van der Waals surface area contributed by atoms with E-state index in [1.807, 2.05) is 0 Å². The summed E-state index contributed by atoms with van der Waals surface area (Å²) in [5.41, 5.74) is 0. The molecule has 1 aliphatic rings. The molecule has 0 bridgehead atoms. The third-order valence-corrected chi connectivity index (χ3v) is 3.96. The number of ether oxygens (including phenoxy) is 1. The van der Waals surface area contributed by atoms with Crippen molar-refractivity contribution in [3.8, 4) is 5.75 Å². The third-order valence-electron chi connectivity index (χ3n) is 3.96. The minimum absolute atomic E-state index is 0.224. The predicted octanol–water partition coefficient (Wildman–Crippen LogP) is 4.00. The van der Waals surface area contributed by atoms with Crippen molar-refractivity contribution in [2.45, 2.75) is 38.8 Å². The lowest BCUT2D eigenvalue weighted by atomic mass is 10.1. The van der Waals surface area contributed by atoms with Gasteiger partial charge in [0, 0.05) is 18.0 Å². The molecular weight excluding hydrogens is 246 g/mol. The van der Waals surface area contributed by atoms with E-state index in [0.29, 0.717) is 5.92 Å². The van der Waals surface area contributed by atoms with Crippen LogP contribution < -0.4 is 10.1 Å². The Bertz CT molecular complexity index is 569. The van der Waals surface area contributed by atoms with Crippen LogP contribution in [0.5, 0.6) is 5.75 Å². The maximum atomic E-state index is 6.30. The molecule has 0 spiro atoms. The second kappa shape index (κ2) is 5.84. The summed E-state index contributed by atoms with van der Waals surface area (Å²) in [4.78, 5) is 0. The van der Waals surface area contributed by atoms with Gasteiger partial charge in [-0.3, -0.25) is 0 Å². The van der Waals surface area contributed by atoms with Crippen LogP contribution >= 0.6 is 0 Å². The van der Waals surface area contributed by atoms with Crippen LogP contribution in [0.25, 0.3) is 10.8 Å². The number of fused-ring (bicyclic) bond motifs is 1. The van der Waals surface area contributed by atoms with Gasteiger partial charge in [0.05, 0.1) is 0 Å². The van der Waals surface area contributed by atoms with Gasteiger partial charge in [0.15, 0.2) is 0 Å². The topological polar surface area (TPSA) is 21.3 Å². The zero-order chi connectivity index (χ0) is 13.9. The SMILES string of the molecule is CC(C)C(CNC1CC1)Oc1cccc2ccccc12. The summed E-state index contributed by atoms with van der Waals surface area (Å²) in [6, 6.07) is 15.4. The summed E-state index contributed by atoms with van der Waals surface area (Å²) in [6.07, 6.45) is 2.86. The van der Waals surface area contributed by atoms with Crippen molar-refractivity contribution < 1.29 is 4.74 Å². The van der Waals surface area contributed by atoms with Crippen LogP contribution in [0.15, 0.2) is 42.5 Å². The Morgan fingerprint density at radius 1 is 1.10 bits per heavy atom. The lowest BCUT2D eigenvalue weighted by Crippen LogP contribution is -2.36. The van der Waals surface area contributed by atoms with Gasteiger partial charge in [0.1, 0.15) is 11.9 Å². The van der Waals surface area contributed by atoms with Crippen molar-refractivity contribution in [1.29, 1.82) is 0 Å². The summed E-state index contributed by atoms with van der Waals surface area (Å²) >= 11 is 0. The highest BCUT2D eigenvalue weighted by Crippen LogP contribution is 2.27. The first-order chi connectivity index (χ1) is 9.74. The molecule has 0 aliphatic heterocycles. The van der Waals surface area contributed by atoms with Gasteiger partial charge in [-0.1, -0.05) is 50.2 Å². The third kappa shape index (κ3) is 3.13. The highest BCUT2D eigenvalue weighted by Gasteiger charge is 2.24. The first-order valence-corrected chi connectivity index (χ1v) is 7.62. The zero-order valence-electron chi connectivity index (χ0n) is 12.3. The molecule has 2 aromatic rings. The van der Waals surface area contributed by atoms with Crippen LogP contribution in [0.2, 0.25) is 0 Å². The zero-order valence-corrected chi connectivity index (χ0v) is 12.3. The molecule has 0 radical (unpaired) electrons. The molecule has 0 heterocycles. The fraction of sp³-hybridized carbons (Fsp3) is 0.444. The van der Waals surface area contributed by atoms with E-state index >= 15 is 0 Å². The van der Waals surface area contributed by atoms with Gasteiger partial charge in [-0.2, -0.15) is 0 Å². The predicted molar refractivity (Wildman–Crippen MR) is 84.2 cm³/mol. The molecule has 3 rings (SSSR count). The monoisotopic (exact) mass is 269 g/mol. The number of benzene rings is 2. The van der Waals surface area contributed by atoms with Gasteiger partial charge in [0.2, 0.25) is 0 Å². The van der Waals surface area contributed by atoms with Crippen LogP contribution in [0.4, 0.5) is 0 Å². The highest BCUT2D eigenvalue weighted by molar-refractivity contribution is 5.88. The van der Waals surface area contributed by atoms with Crippen molar-refractivity contribution >= 4 is 10.8 Å². The fourth-order valence-electron chi connectivity index (χ4n) is 2.45. The molecule has 2 aromatic carbocycles. The molecule has 1 saturated carbocycles. The molecule has 0 saturated heterocycles. The summed E-state index contributed by atoms with van der Waals surface area (Å²) in [5, 5.41) is 6.02. The average molecular weight is 269 g/mol. The maximum Gasteiger partial charge on any atom is 0.127 e. The van der Waals surface area contributed by atoms with E-state index in [-0.39, 0.29) is 6.10 Å². The van der Waals surface area contributed by atoms with Crippen LogP contribution in [0.3, 0.4) is 0 Å². The first kappa shape index (κ1) is 13.4. The van der Waals surface area contributed by atoms with Crippen molar-refractivity contribution in [3.63, 3.8) is 0 Å². The maximum absolute atomic E-state index is 6.30. The molecule has 1 aliphatic carbocycles. The minimum atomic E-state index is 0.224. The summed E-state index contributed by atoms with van der Waals surface area (Å²) in [7, 11) is 0. The van der Waals surface area contributed by atoms with E-state index in [9.17, 15) is 0 Å². The minimum Gasteiger partial charge on any atom is -0.488 e. The second-order valence-electron chi connectivity index (χ2n) is 6.06. The van der Waals surface area contributed by atoms with Gasteiger partial charge >= 0.3 is 0 Å². The second-order valence-corrected chi connectivity index (χ2v) is 6.06. The Hall–Kier alpha value is -1.54. The van der Waals surface area contributed by atoms with E-state index < -0.39 is 0 Å². The summed E-state index contributed by atoms with van der Waals surface area (Å²) in [5.74, 6) is 1.50. The van der Waals surface area contributed by atoms with Crippen LogP contribution in [0.1, 0.15) is 26.7 Å². The summed E-state index contributed by atoms with van der Waals surface area (Å²) < 4.78 is 6.30. The van der Waals surface area contributed by atoms with E-state index in [2.05, 4.69) is 61.6 Å². The van der Waals surface area contributed by atoms with Gasteiger partial charge in [-0.25, -0.2) is 0 Å². The first-order valence-electron chi connectivity index (χ1n) is 7.62. The molecule has 106 valence electrons. The molecule has 1 fully saturated rings. The van der Waals surface area contributed by atoms with E-state index in [1.54, 1.807) is 0 Å². The molecular formula is C18H23NO. The molecule has 1 N–H and O–H groups in total. The summed E-state index contributed by atoms with van der Waals surface area (Å²) in [6.45, 7) is 5.39. The average Bonchev–Trinajstić information content (AvgIpc) is 3.27. The van der Waals surface area contributed by atoms with Gasteiger partial charge in [0.25, 0.3) is 0 Å². The highest BCUT2D eigenvalue weighted by atomic mass is 16.5. The largest absolute Gasteiger partial charge is 0.488 e. The standard InChI is InChI=1S/C18H23NO/c1-13(2)18(12-19-15-10-11-15)20-17-9-5-7-14-6-3-4-8-16(14)17/h3-9,13,15,18-19H,10-12H2,1-2H3. The Labute approximate surface area is 121 Å². The van der Waals surface area contributed by atoms with Crippen LogP contribution in [-0.4, -0.2) is 18.7 Å². The van der Waals surface area contributed by atoms with E-state index in [1.165, 1.54) is 23.6 Å². The van der Waals surface area contributed by atoms with Crippen LogP contribution in [0, 0.1) is 5.92 Å². The number of hydrogen-bond donors (Lipinski definition) is 1. The Kier molecular flexibility index (Phi) is 3.93. The van der Waals surface area contributed by atoms with Gasteiger partial charge in [-0.15, -0.1) is 0 Å². The Morgan fingerprint density at radius 3 is 2.60 bits per heavy atom. The van der Waals surface area contributed by atoms with Crippen molar-refractivity contribution in [1.82, 2.24) is 5.32 Å². The molecule has 2 nitrogen and oxygen atoms in total. The van der Waals surface area contributed by atoms with Crippen molar-refractivity contribution in [2.75, 3.05) is 6.54 Å². The lowest BCUT2D eigenvalue weighted by molar-refractivity contribution is 0.150. The molecule has 2 heteroatoms. The van der Waals surface area contributed by atoms with Crippen molar-refractivity contribution in [2.24, 2.45) is 5.92 Å². The van der Waals surface area contributed by atoms with E-state index in [0.717, 1.165) is 18.3 Å². The quantitative estimate of drug-likeness (QED) is 0.856. The Balaban J connectivity index is 1.78. The van der Waals surface area contributed by atoms with Gasteiger partial charge in [-0.05, 0) is 30.2 Å². The lowest BCUT2D eigenvalue weighted by Gasteiger charge is -2.24. The molecule has 1 unspecified atom stereocenters. The smallest absolute Gasteiger partial charge is 0.127 e. The number of nitrogens with one attached hydrogen (secondary N) is 1. The number of hydrogen-bond acceptors (Lipinski definition) is 2. The molecule has 1 atom stereocenters. The molecule has 0 amide bonds. The molecule has 20 heavy (non-hydrogen) atoms. The number of rotatable bonds is 6. The normalized spacial score (nSPS) is 16.6. The van der Waals surface area contributed by atoms with Crippen LogP contribution in [-0.2, 0) is 0 Å². The van der Waals surface area contributed by atoms with Crippen molar-refractivity contribution in [3.05, 3.63) is 42.5 Å².